The van der Waals surface area contributed by atoms with Gasteiger partial charge in [0.25, 0.3) is 0 Å². The van der Waals surface area contributed by atoms with Crippen LogP contribution in [0.1, 0.15) is 5.69 Å². The average Bonchev–Trinajstić information content (AvgIpc) is 2.81. The van der Waals surface area contributed by atoms with Gasteiger partial charge in [0.2, 0.25) is 0 Å². The van der Waals surface area contributed by atoms with Gasteiger partial charge < -0.3 is 0 Å². The monoisotopic (exact) mass is 228 g/mol. The molecule has 4 nitrogen and oxygen atoms in total. The van der Waals surface area contributed by atoms with Crippen molar-refractivity contribution in [2.45, 2.75) is 6.92 Å². The van der Waals surface area contributed by atoms with Gasteiger partial charge in [-0.15, -0.1) is 10.2 Å². The molecule has 0 spiro atoms. The van der Waals surface area contributed by atoms with Gasteiger partial charge in [-0.2, -0.15) is 0 Å². The Balaban J connectivity index is 2.30. The first kappa shape index (κ1) is 9.35. The second kappa shape index (κ2) is 3.61. The van der Waals surface area contributed by atoms with Crippen LogP contribution in [-0.2, 0) is 0 Å². The van der Waals surface area contributed by atoms with Gasteiger partial charge in [0.05, 0.1) is 16.7 Å². The van der Waals surface area contributed by atoms with Crippen LogP contribution < -0.4 is 0 Å². The summed E-state index contributed by atoms with van der Waals surface area (Å²) in [4.78, 5) is 9.07. The number of benzene rings is 1. The molecule has 5 heteroatoms. The van der Waals surface area contributed by atoms with E-state index in [1.165, 1.54) is 11.3 Å². The Morgan fingerprint density at radius 1 is 1.06 bits per heavy atom. The van der Waals surface area contributed by atoms with Gasteiger partial charge in [-0.05, 0) is 19.1 Å². The molecule has 0 amide bonds. The molecule has 0 fully saturated rings. The van der Waals surface area contributed by atoms with Crippen molar-refractivity contribution >= 4 is 22.4 Å². The lowest BCUT2D eigenvalue weighted by Crippen LogP contribution is -1.93. The molecule has 3 rings (SSSR count). The summed E-state index contributed by atoms with van der Waals surface area (Å²) in [6, 6.07) is 7.82. The van der Waals surface area contributed by atoms with E-state index in [1.807, 2.05) is 31.2 Å². The second-order valence-electron chi connectivity index (χ2n) is 3.39. The smallest absolute Gasteiger partial charge is 0.167 e. The van der Waals surface area contributed by atoms with Crippen LogP contribution >= 0.6 is 11.3 Å². The summed E-state index contributed by atoms with van der Waals surface area (Å²) in [6.45, 7) is 1.94. The lowest BCUT2D eigenvalue weighted by molar-refractivity contribution is 1.08. The number of rotatable bonds is 1. The number of hydrogen-bond acceptors (Lipinski definition) is 5. The van der Waals surface area contributed by atoms with Crippen LogP contribution in [0.25, 0.3) is 21.7 Å². The number of aryl methyl sites for hydroxylation is 1. The summed E-state index contributed by atoms with van der Waals surface area (Å²) in [5.74, 6) is 0. The summed E-state index contributed by atoms with van der Waals surface area (Å²) >= 11 is 1.47. The molecule has 2 aromatic heterocycles. The molecular formula is C11H8N4S. The van der Waals surface area contributed by atoms with Crippen molar-refractivity contribution in [2.75, 3.05) is 0 Å². The number of nitrogens with zero attached hydrogens (tertiary/aromatic N) is 4. The van der Waals surface area contributed by atoms with Crippen molar-refractivity contribution in [3.05, 3.63) is 35.5 Å². The molecule has 2 heterocycles. The number of para-hydroxylation sites is 2. The van der Waals surface area contributed by atoms with Crippen molar-refractivity contribution in [2.24, 2.45) is 0 Å². The Morgan fingerprint density at radius 2 is 1.81 bits per heavy atom. The van der Waals surface area contributed by atoms with Crippen molar-refractivity contribution in [1.29, 1.82) is 0 Å². The fourth-order valence-electron chi connectivity index (χ4n) is 1.57. The number of hydrogen-bond donors (Lipinski definition) is 0. The molecule has 16 heavy (non-hydrogen) atoms. The van der Waals surface area contributed by atoms with Crippen LogP contribution in [0.5, 0.6) is 0 Å². The third-order valence-corrected chi connectivity index (χ3v) is 3.01. The third-order valence-electron chi connectivity index (χ3n) is 2.31. The van der Waals surface area contributed by atoms with E-state index in [0.29, 0.717) is 0 Å². The Labute approximate surface area is 96.0 Å². The summed E-state index contributed by atoms with van der Waals surface area (Å²) in [6.07, 6.45) is 0. The van der Waals surface area contributed by atoms with Gasteiger partial charge in [0, 0.05) is 0 Å². The highest BCUT2D eigenvalue weighted by atomic mass is 32.1. The fraction of sp³-hybridized carbons (Fsp3) is 0.0909. The van der Waals surface area contributed by atoms with Crippen LogP contribution in [-0.4, -0.2) is 20.2 Å². The second-order valence-corrected chi connectivity index (χ2v) is 4.22. The van der Waals surface area contributed by atoms with Crippen molar-refractivity contribution in [3.63, 3.8) is 0 Å². The molecule has 78 valence electrons. The van der Waals surface area contributed by atoms with E-state index >= 15 is 0 Å². The van der Waals surface area contributed by atoms with E-state index in [-0.39, 0.29) is 0 Å². The zero-order valence-corrected chi connectivity index (χ0v) is 9.40. The molecule has 0 aliphatic rings. The van der Waals surface area contributed by atoms with Crippen LogP contribution in [0.2, 0.25) is 0 Å². The average molecular weight is 228 g/mol. The Morgan fingerprint density at radius 3 is 2.50 bits per heavy atom. The lowest BCUT2D eigenvalue weighted by Gasteiger charge is -2.02. The molecular weight excluding hydrogens is 220 g/mol. The van der Waals surface area contributed by atoms with Gasteiger partial charge in [-0.1, -0.05) is 23.5 Å². The highest BCUT2D eigenvalue weighted by molar-refractivity contribution is 7.12. The molecule has 0 saturated heterocycles. The Kier molecular flexibility index (Phi) is 2.11. The van der Waals surface area contributed by atoms with Crippen molar-refractivity contribution < 1.29 is 0 Å². The zero-order valence-electron chi connectivity index (χ0n) is 8.58. The minimum Gasteiger partial charge on any atom is -0.249 e. The quantitative estimate of drug-likeness (QED) is 0.642. The first-order valence-corrected chi connectivity index (χ1v) is 5.72. The van der Waals surface area contributed by atoms with Crippen molar-refractivity contribution in [1.82, 2.24) is 20.2 Å². The SMILES string of the molecule is Cc1nc2ccccc2nc1-c1nncs1. The minimum absolute atomic E-state index is 0.816. The predicted molar refractivity (Wildman–Crippen MR) is 63.2 cm³/mol. The molecule has 0 aliphatic heterocycles. The first-order chi connectivity index (χ1) is 7.84. The van der Waals surface area contributed by atoms with Gasteiger partial charge >= 0.3 is 0 Å². The molecule has 0 atom stereocenters. The first-order valence-electron chi connectivity index (χ1n) is 4.84. The number of fused-ring (bicyclic) bond motifs is 1. The molecule has 0 aliphatic carbocycles. The topological polar surface area (TPSA) is 51.6 Å². The summed E-state index contributed by atoms with van der Waals surface area (Å²) in [5.41, 5.74) is 5.20. The molecule has 0 bridgehead atoms. The third kappa shape index (κ3) is 1.45. The van der Waals surface area contributed by atoms with Crippen LogP contribution in [0.15, 0.2) is 29.8 Å². The van der Waals surface area contributed by atoms with E-state index in [0.717, 1.165) is 27.4 Å². The molecule has 3 aromatic rings. The fourth-order valence-corrected chi connectivity index (χ4v) is 2.16. The van der Waals surface area contributed by atoms with E-state index in [4.69, 9.17) is 0 Å². The Hall–Kier alpha value is -1.88. The van der Waals surface area contributed by atoms with E-state index in [2.05, 4.69) is 20.2 Å². The van der Waals surface area contributed by atoms with Crippen LogP contribution in [0.3, 0.4) is 0 Å². The summed E-state index contributed by atoms with van der Waals surface area (Å²) in [7, 11) is 0. The summed E-state index contributed by atoms with van der Waals surface area (Å²) in [5, 5.41) is 8.66. The van der Waals surface area contributed by atoms with Crippen molar-refractivity contribution in [3.8, 4) is 10.7 Å². The van der Waals surface area contributed by atoms with Gasteiger partial charge in [0.1, 0.15) is 11.2 Å². The minimum atomic E-state index is 0.816. The molecule has 0 radical (unpaired) electrons. The summed E-state index contributed by atoms with van der Waals surface area (Å²) < 4.78 is 0. The highest BCUT2D eigenvalue weighted by Crippen LogP contribution is 2.23. The van der Waals surface area contributed by atoms with Crippen LogP contribution in [0.4, 0.5) is 0 Å². The normalized spacial score (nSPS) is 10.8. The maximum atomic E-state index is 4.56. The van der Waals surface area contributed by atoms with E-state index in [1.54, 1.807) is 5.51 Å². The number of aromatic nitrogens is 4. The molecule has 0 saturated carbocycles. The van der Waals surface area contributed by atoms with E-state index < -0.39 is 0 Å². The lowest BCUT2D eigenvalue weighted by atomic mass is 10.2. The maximum Gasteiger partial charge on any atom is 0.167 e. The standard InChI is InChI=1S/C11H8N4S/c1-7-10(11-15-12-6-16-11)14-9-5-3-2-4-8(9)13-7/h2-6H,1H3. The van der Waals surface area contributed by atoms with Gasteiger partial charge in [-0.3, -0.25) is 0 Å². The van der Waals surface area contributed by atoms with Gasteiger partial charge in [0.15, 0.2) is 5.01 Å². The largest absolute Gasteiger partial charge is 0.249 e. The van der Waals surface area contributed by atoms with E-state index in [9.17, 15) is 0 Å². The zero-order chi connectivity index (χ0) is 11.0. The molecule has 0 unspecified atom stereocenters. The Bertz CT molecular complexity index is 634. The van der Waals surface area contributed by atoms with Crippen LogP contribution in [0, 0.1) is 6.92 Å². The maximum absolute atomic E-state index is 4.56. The predicted octanol–water partition coefficient (Wildman–Crippen LogP) is 2.46. The molecule has 1 aromatic carbocycles. The highest BCUT2D eigenvalue weighted by Gasteiger charge is 2.09. The van der Waals surface area contributed by atoms with Gasteiger partial charge in [-0.25, -0.2) is 9.97 Å². The molecule has 0 N–H and O–H groups in total.